The molecule has 2 atom stereocenters. The van der Waals surface area contributed by atoms with Crippen LogP contribution in [0.4, 0.5) is 5.69 Å². The Labute approximate surface area is 233 Å². The number of thiazole rings is 1. The molecule has 2 amide bonds. The Morgan fingerprint density at radius 2 is 2.03 bits per heavy atom. The first kappa shape index (κ1) is 26.8. The second kappa shape index (κ2) is 11.5. The highest BCUT2D eigenvalue weighted by Gasteiger charge is 2.34. The molecular weight excluding hydrogens is 508 g/mol. The van der Waals surface area contributed by atoms with E-state index in [0.29, 0.717) is 12.1 Å². The second-order valence-corrected chi connectivity index (χ2v) is 10.7. The molecule has 0 radical (unpaired) electrons. The molecule has 9 heteroatoms. The topological polar surface area (TPSA) is 99.2 Å². The molecule has 2 unspecified atom stereocenters. The molecule has 39 heavy (non-hydrogen) atoms. The van der Waals surface area contributed by atoms with Gasteiger partial charge < -0.3 is 20.9 Å². The van der Waals surface area contributed by atoms with Crippen molar-refractivity contribution in [2.75, 3.05) is 31.5 Å². The van der Waals surface area contributed by atoms with Gasteiger partial charge in [-0.3, -0.25) is 14.6 Å². The molecule has 3 N–H and O–H groups in total. The largest absolute Gasteiger partial charge is 0.381 e. The normalized spacial score (nSPS) is 19.4. The first-order chi connectivity index (χ1) is 18.9. The van der Waals surface area contributed by atoms with Gasteiger partial charge in [-0.2, -0.15) is 0 Å². The summed E-state index contributed by atoms with van der Waals surface area (Å²) in [5, 5.41) is 12.4. The molecule has 2 aromatic heterocycles. The van der Waals surface area contributed by atoms with Crippen molar-refractivity contribution in [3.05, 3.63) is 71.0 Å². The quantitative estimate of drug-likeness (QED) is 0.343. The van der Waals surface area contributed by atoms with Crippen LogP contribution < -0.4 is 16.0 Å². The van der Waals surface area contributed by atoms with Crippen LogP contribution in [0.5, 0.6) is 0 Å². The number of allylic oxidation sites excluding steroid dienone is 1. The van der Waals surface area contributed by atoms with Crippen LogP contribution in [0.15, 0.2) is 65.5 Å². The van der Waals surface area contributed by atoms with Crippen LogP contribution in [0.25, 0.3) is 27.4 Å². The molecule has 4 heterocycles. The minimum atomic E-state index is -0.166. The zero-order valence-electron chi connectivity index (χ0n) is 22.7. The smallest absolute Gasteiger partial charge is 0.256 e. The van der Waals surface area contributed by atoms with Gasteiger partial charge in [0.05, 0.1) is 11.7 Å². The van der Waals surface area contributed by atoms with E-state index < -0.39 is 0 Å². The lowest BCUT2D eigenvalue weighted by Crippen LogP contribution is -2.36. The van der Waals surface area contributed by atoms with E-state index in [1.54, 1.807) is 23.7 Å². The number of rotatable bonds is 9. The van der Waals surface area contributed by atoms with Crippen LogP contribution in [-0.4, -0.2) is 58.9 Å². The maximum atomic E-state index is 13.0. The van der Waals surface area contributed by atoms with Gasteiger partial charge >= 0.3 is 0 Å². The van der Waals surface area contributed by atoms with Crippen LogP contribution in [0.1, 0.15) is 33.3 Å². The molecule has 0 bridgehead atoms. The number of carbonyl (C=O) groups is 2. The van der Waals surface area contributed by atoms with Crippen molar-refractivity contribution in [1.29, 1.82) is 0 Å². The monoisotopic (exact) mass is 542 g/mol. The van der Waals surface area contributed by atoms with Crippen molar-refractivity contribution in [2.45, 2.75) is 33.7 Å². The summed E-state index contributed by atoms with van der Waals surface area (Å²) in [5.41, 5.74) is 6.60. The Bertz CT molecular complexity index is 1440. The van der Waals surface area contributed by atoms with E-state index in [1.807, 2.05) is 55.6 Å². The third kappa shape index (κ3) is 5.51. The number of nitrogens with one attached hydrogen (secondary N) is 3. The summed E-state index contributed by atoms with van der Waals surface area (Å²) in [7, 11) is 0. The molecule has 0 fully saturated rings. The molecule has 8 nitrogen and oxygen atoms in total. The van der Waals surface area contributed by atoms with Gasteiger partial charge in [0.2, 0.25) is 5.91 Å². The number of pyridine rings is 1. The number of hydrogen-bond acceptors (Lipinski definition) is 7. The maximum Gasteiger partial charge on any atom is 0.256 e. The zero-order chi connectivity index (χ0) is 27.5. The van der Waals surface area contributed by atoms with Crippen molar-refractivity contribution in [2.24, 2.45) is 5.92 Å². The van der Waals surface area contributed by atoms with E-state index in [9.17, 15) is 9.59 Å². The predicted octanol–water partition coefficient (Wildman–Crippen LogP) is 4.55. The lowest BCUT2D eigenvalue weighted by atomic mass is 9.92. The Morgan fingerprint density at radius 1 is 1.21 bits per heavy atom. The molecule has 0 saturated heterocycles. The second-order valence-electron chi connectivity index (χ2n) is 9.85. The molecule has 2 aliphatic heterocycles. The fraction of sp³-hybridized carbons (Fsp3) is 0.333. The van der Waals surface area contributed by atoms with Crippen molar-refractivity contribution in [3.8, 4) is 21.8 Å². The molecule has 2 aliphatic rings. The maximum absolute atomic E-state index is 13.0. The van der Waals surface area contributed by atoms with Crippen LogP contribution in [-0.2, 0) is 9.59 Å². The fourth-order valence-electron chi connectivity index (χ4n) is 5.22. The Kier molecular flexibility index (Phi) is 7.90. The van der Waals surface area contributed by atoms with Gasteiger partial charge in [-0.25, -0.2) is 4.98 Å². The SMILES string of the molecule is CCN(CC)CCNC(=O)C1=C(C)NC(/C=C2\C(=O)Nc3ccc(-c4csc(-c5cccnc5)n4)cc32)C1C. The number of carbonyl (C=O) groups excluding carboxylic acids is 2. The Balaban J connectivity index is 1.34. The lowest BCUT2D eigenvalue weighted by molar-refractivity contribution is -0.118. The number of likely N-dealkylation sites (N-methyl/N-ethyl adjacent to an activating group) is 1. The number of anilines is 1. The van der Waals surface area contributed by atoms with Gasteiger partial charge in [0.1, 0.15) is 5.01 Å². The third-order valence-corrected chi connectivity index (χ3v) is 8.38. The van der Waals surface area contributed by atoms with Gasteiger partial charge in [0.25, 0.3) is 5.91 Å². The van der Waals surface area contributed by atoms with E-state index in [2.05, 4.69) is 39.7 Å². The highest BCUT2D eigenvalue weighted by molar-refractivity contribution is 7.13. The highest BCUT2D eigenvalue weighted by atomic mass is 32.1. The van der Waals surface area contributed by atoms with Gasteiger partial charge in [-0.1, -0.05) is 26.8 Å². The summed E-state index contributed by atoms with van der Waals surface area (Å²) in [6.07, 6.45) is 5.51. The number of fused-ring (bicyclic) bond motifs is 1. The van der Waals surface area contributed by atoms with Crippen molar-refractivity contribution >= 4 is 34.4 Å². The van der Waals surface area contributed by atoms with Crippen LogP contribution in [0.2, 0.25) is 0 Å². The zero-order valence-corrected chi connectivity index (χ0v) is 23.6. The van der Waals surface area contributed by atoms with Gasteiger partial charge in [0, 0.05) is 76.0 Å². The highest BCUT2D eigenvalue weighted by Crippen LogP contribution is 2.38. The molecule has 0 aliphatic carbocycles. The Morgan fingerprint density at radius 3 is 2.77 bits per heavy atom. The summed E-state index contributed by atoms with van der Waals surface area (Å²) in [4.78, 5) is 37.3. The van der Waals surface area contributed by atoms with E-state index in [1.165, 1.54) is 0 Å². The van der Waals surface area contributed by atoms with E-state index in [0.717, 1.165) is 64.0 Å². The molecule has 0 saturated carbocycles. The molecule has 3 aromatic rings. The molecule has 0 spiro atoms. The van der Waals surface area contributed by atoms with E-state index in [4.69, 9.17) is 4.98 Å². The summed E-state index contributed by atoms with van der Waals surface area (Å²) in [6.45, 7) is 11.5. The number of amides is 2. The molecule has 202 valence electrons. The van der Waals surface area contributed by atoms with E-state index >= 15 is 0 Å². The molecular formula is C30H34N6O2S. The average molecular weight is 543 g/mol. The van der Waals surface area contributed by atoms with Crippen LogP contribution >= 0.6 is 11.3 Å². The molecule has 1 aromatic carbocycles. The minimum Gasteiger partial charge on any atom is -0.381 e. The van der Waals surface area contributed by atoms with Crippen molar-refractivity contribution in [3.63, 3.8) is 0 Å². The number of aromatic nitrogens is 2. The lowest BCUT2D eigenvalue weighted by Gasteiger charge is -2.19. The fourth-order valence-corrected chi connectivity index (χ4v) is 6.04. The summed E-state index contributed by atoms with van der Waals surface area (Å²) in [5.74, 6) is -0.265. The molecule has 5 rings (SSSR count). The minimum absolute atomic E-state index is 0.0490. The van der Waals surface area contributed by atoms with Gasteiger partial charge in [-0.15, -0.1) is 11.3 Å². The van der Waals surface area contributed by atoms with Gasteiger partial charge in [-0.05, 0) is 50.4 Å². The first-order valence-electron chi connectivity index (χ1n) is 13.4. The summed E-state index contributed by atoms with van der Waals surface area (Å²) < 4.78 is 0. The van der Waals surface area contributed by atoms with Crippen molar-refractivity contribution < 1.29 is 9.59 Å². The standard InChI is InChI=1S/C30H34N6O2S/c1-5-36(6-2)13-12-32-29(38)27-18(3)25(33-19(27)4)15-23-22-14-20(9-10-24(22)34-28(23)37)26-17-39-30(35-26)21-8-7-11-31-16-21/h7-11,14-18,25,33H,5-6,12-13H2,1-4H3,(H,32,38)(H,34,37)/b23-15-. The third-order valence-electron chi connectivity index (χ3n) is 7.49. The number of benzene rings is 1. The van der Waals surface area contributed by atoms with Crippen molar-refractivity contribution in [1.82, 2.24) is 25.5 Å². The predicted molar refractivity (Wildman–Crippen MR) is 157 cm³/mol. The Hall–Kier alpha value is -3.82. The first-order valence-corrected chi connectivity index (χ1v) is 14.3. The number of hydrogen-bond donors (Lipinski definition) is 3. The average Bonchev–Trinajstić information content (AvgIpc) is 3.63. The van der Waals surface area contributed by atoms with Crippen LogP contribution in [0.3, 0.4) is 0 Å². The number of nitrogens with zero attached hydrogens (tertiary/aromatic N) is 3. The van der Waals surface area contributed by atoms with Crippen LogP contribution in [0, 0.1) is 5.92 Å². The van der Waals surface area contributed by atoms with E-state index in [-0.39, 0.29) is 23.8 Å². The summed E-state index contributed by atoms with van der Waals surface area (Å²) >= 11 is 1.57. The van der Waals surface area contributed by atoms with Gasteiger partial charge in [0.15, 0.2) is 0 Å². The summed E-state index contributed by atoms with van der Waals surface area (Å²) in [6, 6.07) is 9.65.